The standard InChI is InChI=1S/C20H17NO6/c1-2-3-5-10-17(27-20(22)14-8-6-4-7-9-14)15-11-18-19(26-13-25-18)12-16(15)21(23)24/h2-12,17H,13H2,1H3/b3-2+,10-5+. The van der Waals surface area contributed by atoms with Crippen LogP contribution in [0.4, 0.5) is 5.69 Å². The second-order valence-corrected chi connectivity index (χ2v) is 5.62. The number of nitrogens with zero attached hydrogens (tertiary/aromatic N) is 1. The lowest BCUT2D eigenvalue weighted by molar-refractivity contribution is -0.386. The molecule has 1 atom stereocenters. The van der Waals surface area contributed by atoms with Crippen LogP contribution >= 0.6 is 0 Å². The Morgan fingerprint density at radius 2 is 1.89 bits per heavy atom. The fourth-order valence-corrected chi connectivity index (χ4v) is 2.57. The van der Waals surface area contributed by atoms with Crippen molar-refractivity contribution in [2.75, 3.05) is 6.79 Å². The first-order chi connectivity index (χ1) is 13.1. The Hall–Kier alpha value is -3.61. The molecule has 0 N–H and O–H groups in total. The number of ether oxygens (including phenoxy) is 3. The Balaban J connectivity index is 2.00. The van der Waals surface area contributed by atoms with E-state index < -0.39 is 17.0 Å². The van der Waals surface area contributed by atoms with E-state index in [0.717, 1.165) is 0 Å². The van der Waals surface area contributed by atoms with E-state index in [-0.39, 0.29) is 23.8 Å². The summed E-state index contributed by atoms with van der Waals surface area (Å²) in [5.41, 5.74) is 0.342. The van der Waals surface area contributed by atoms with Crippen molar-refractivity contribution in [1.29, 1.82) is 0 Å². The third-order valence-electron chi connectivity index (χ3n) is 3.86. The average molecular weight is 367 g/mol. The van der Waals surface area contributed by atoms with Gasteiger partial charge in [-0.1, -0.05) is 36.4 Å². The number of esters is 1. The Labute approximate surface area is 155 Å². The summed E-state index contributed by atoms with van der Waals surface area (Å²) >= 11 is 0. The molecule has 0 bridgehead atoms. The molecule has 0 aliphatic carbocycles. The minimum absolute atomic E-state index is 0.0151. The van der Waals surface area contributed by atoms with Crippen LogP contribution in [0.1, 0.15) is 28.9 Å². The first-order valence-corrected chi connectivity index (χ1v) is 8.23. The molecule has 1 aliphatic heterocycles. The molecule has 0 saturated carbocycles. The number of hydrogen-bond acceptors (Lipinski definition) is 6. The predicted octanol–water partition coefficient (Wildman–Crippen LogP) is 4.35. The van der Waals surface area contributed by atoms with E-state index in [1.165, 1.54) is 12.1 Å². The normalized spacial score (nSPS) is 13.8. The van der Waals surface area contributed by atoms with Gasteiger partial charge in [-0.15, -0.1) is 0 Å². The van der Waals surface area contributed by atoms with Crippen molar-refractivity contribution in [3.63, 3.8) is 0 Å². The summed E-state index contributed by atoms with van der Waals surface area (Å²) in [6.45, 7) is 1.82. The summed E-state index contributed by atoms with van der Waals surface area (Å²) in [6, 6.07) is 11.2. The van der Waals surface area contributed by atoms with Crippen molar-refractivity contribution in [2.24, 2.45) is 0 Å². The summed E-state index contributed by atoms with van der Waals surface area (Å²) in [4.78, 5) is 23.5. The molecule has 138 valence electrons. The Morgan fingerprint density at radius 1 is 1.19 bits per heavy atom. The fourth-order valence-electron chi connectivity index (χ4n) is 2.57. The first-order valence-electron chi connectivity index (χ1n) is 8.23. The summed E-state index contributed by atoms with van der Waals surface area (Å²) < 4.78 is 16.1. The monoisotopic (exact) mass is 367 g/mol. The topological polar surface area (TPSA) is 87.9 Å². The van der Waals surface area contributed by atoms with Gasteiger partial charge in [0.15, 0.2) is 17.6 Å². The Kier molecular flexibility index (Phi) is 5.51. The van der Waals surface area contributed by atoms with Crippen LogP contribution in [0.15, 0.2) is 66.8 Å². The van der Waals surface area contributed by atoms with Gasteiger partial charge in [-0.05, 0) is 31.2 Å². The highest BCUT2D eigenvalue weighted by molar-refractivity contribution is 5.89. The van der Waals surface area contributed by atoms with Crippen molar-refractivity contribution in [1.82, 2.24) is 0 Å². The highest BCUT2D eigenvalue weighted by atomic mass is 16.7. The lowest BCUT2D eigenvalue weighted by Crippen LogP contribution is -2.11. The third kappa shape index (κ3) is 4.14. The number of carbonyl (C=O) groups is 1. The summed E-state index contributed by atoms with van der Waals surface area (Å²) in [5, 5.41) is 11.5. The van der Waals surface area contributed by atoms with Gasteiger partial charge in [-0.3, -0.25) is 10.1 Å². The van der Waals surface area contributed by atoms with Gasteiger partial charge >= 0.3 is 5.97 Å². The van der Waals surface area contributed by atoms with Crippen LogP contribution in [0, 0.1) is 10.1 Å². The van der Waals surface area contributed by atoms with Crippen LogP contribution in [-0.4, -0.2) is 17.7 Å². The van der Waals surface area contributed by atoms with Crippen LogP contribution in [0.25, 0.3) is 0 Å². The average Bonchev–Trinajstić information content (AvgIpc) is 3.14. The van der Waals surface area contributed by atoms with E-state index in [4.69, 9.17) is 14.2 Å². The molecule has 0 amide bonds. The molecule has 2 aromatic rings. The molecule has 0 saturated heterocycles. The van der Waals surface area contributed by atoms with Crippen molar-refractivity contribution in [3.8, 4) is 11.5 Å². The maximum atomic E-state index is 12.5. The van der Waals surface area contributed by atoms with E-state index in [9.17, 15) is 14.9 Å². The number of fused-ring (bicyclic) bond motifs is 1. The highest BCUT2D eigenvalue weighted by Gasteiger charge is 2.29. The van der Waals surface area contributed by atoms with Crippen LogP contribution in [0.5, 0.6) is 11.5 Å². The minimum atomic E-state index is -0.969. The van der Waals surface area contributed by atoms with Crippen molar-refractivity contribution in [2.45, 2.75) is 13.0 Å². The van der Waals surface area contributed by atoms with Crippen LogP contribution < -0.4 is 9.47 Å². The fraction of sp³-hybridized carbons (Fsp3) is 0.150. The number of nitro benzene ring substituents is 1. The van der Waals surface area contributed by atoms with Gasteiger partial charge in [-0.25, -0.2) is 4.79 Å². The molecule has 1 unspecified atom stereocenters. The number of nitro groups is 1. The molecular formula is C20H17NO6. The summed E-state index contributed by atoms with van der Waals surface area (Å²) in [7, 11) is 0. The van der Waals surface area contributed by atoms with E-state index in [1.54, 1.807) is 54.6 Å². The first kappa shape index (κ1) is 18.2. The quantitative estimate of drug-likeness (QED) is 0.326. The van der Waals surface area contributed by atoms with Crippen molar-refractivity contribution in [3.05, 3.63) is 88.0 Å². The lowest BCUT2D eigenvalue weighted by atomic mass is 10.0. The molecule has 1 aliphatic rings. The Morgan fingerprint density at radius 3 is 2.56 bits per heavy atom. The van der Waals surface area contributed by atoms with Crippen molar-refractivity contribution >= 4 is 11.7 Å². The molecular weight excluding hydrogens is 350 g/mol. The zero-order chi connectivity index (χ0) is 19.2. The molecule has 7 nitrogen and oxygen atoms in total. The molecule has 3 rings (SSSR count). The number of hydrogen-bond donors (Lipinski definition) is 0. The molecule has 2 aromatic carbocycles. The maximum absolute atomic E-state index is 12.5. The molecule has 1 heterocycles. The van der Waals surface area contributed by atoms with E-state index in [2.05, 4.69) is 0 Å². The molecule has 0 fully saturated rings. The zero-order valence-electron chi connectivity index (χ0n) is 14.5. The maximum Gasteiger partial charge on any atom is 0.339 e. The van der Waals surface area contributed by atoms with Crippen LogP contribution in [0.3, 0.4) is 0 Å². The number of carbonyl (C=O) groups excluding carboxylic acids is 1. The highest BCUT2D eigenvalue weighted by Crippen LogP contribution is 2.41. The molecule has 0 spiro atoms. The second kappa shape index (κ2) is 8.18. The largest absolute Gasteiger partial charge is 0.454 e. The van der Waals surface area contributed by atoms with Crippen LogP contribution in [0.2, 0.25) is 0 Å². The third-order valence-corrected chi connectivity index (χ3v) is 3.86. The van der Waals surface area contributed by atoms with Gasteiger partial charge in [-0.2, -0.15) is 0 Å². The predicted molar refractivity (Wildman–Crippen MR) is 97.8 cm³/mol. The molecule has 27 heavy (non-hydrogen) atoms. The summed E-state index contributed by atoms with van der Waals surface area (Å²) in [6.07, 6.45) is 5.80. The Bertz CT molecular complexity index is 904. The molecule has 0 aromatic heterocycles. The minimum Gasteiger partial charge on any atom is -0.454 e. The van der Waals surface area contributed by atoms with Gasteiger partial charge in [0, 0.05) is 0 Å². The van der Waals surface area contributed by atoms with Crippen molar-refractivity contribution < 1.29 is 23.9 Å². The summed E-state index contributed by atoms with van der Waals surface area (Å²) in [5.74, 6) is 0.0736. The van der Waals surface area contributed by atoms with Gasteiger partial charge in [0.25, 0.3) is 5.69 Å². The number of rotatable bonds is 6. The van der Waals surface area contributed by atoms with E-state index >= 15 is 0 Å². The van der Waals surface area contributed by atoms with Gasteiger partial charge in [0.05, 0.1) is 22.1 Å². The molecule has 7 heteroatoms. The second-order valence-electron chi connectivity index (χ2n) is 5.62. The van der Waals surface area contributed by atoms with Crippen LogP contribution in [-0.2, 0) is 4.74 Å². The van der Waals surface area contributed by atoms with Gasteiger partial charge in [0.2, 0.25) is 6.79 Å². The van der Waals surface area contributed by atoms with E-state index in [0.29, 0.717) is 11.3 Å². The molecule has 0 radical (unpaired) electrons. The SMILES string of the molecule is C/C=C/C=C/C(OC(=O)c1ccccc1)c1cc2c(cc1[N+](=O)[O-])OCO2. The lowest BCUT2D eigenvalue weighted by Gasteiger charge is -2.15. The van der Waals surface area contributed by atoms with Gasteiger partial charge < -0.3 is 14.2 Å². The smallest absolute Gasteiger partial charge is 0.339 e. The number of benzene rings is 2. The zero-order valence-corrected chi connectivity index (χ0v) is 14.5. The number of allylic oxidation sites excluding steroid dienone is 3. The van der Waals surface area contributed by atoms with Gasteiger partial charge in [0.1, 0.15) is 0 Å². The van der Waals surface area contributed by atoms with E-state index in [1.807, 2.05) is 6.92 Å².